The Balaban J connectivity index is 2.25. The third kappa shape index (κ3) is 1.82. The quantitative estimate of drug-likeness (QED) is 0.653. The molecule has 1 aromatic carbocycles. The van der Waals surface area contributed by atoms with Crippen LogP contribution in [0.2, 0.25) is 0 Å². The summed E-state index contributed by atoms with van der Waals surface area (Å²) in [4.78, 5) is 11.0. The number of hydrogen-bond donors (Lipinski definition) is 1. The fourth-order valence-corrected chi connectivity index (χ4v) is 1.49. The fourth-order valence-electron chi connectivity index (χ4n) is 1.49. The molecule has 0 aliphatic carbocycles. The molecule has 3 heteroatoms. The summed E-state index contributed by atoms with van der Waals surface area (Å²) >= 11 is 0. The number of carbonyl (C=O) groups excluding carboxylic acids is 1. The molecule has 14 heavy (non-hydrogen) atoms. The van der Waals surface area contributed by atoms with Gasteiger partial charge in [-0.15, -0.1) is 10.1 Å². The van der Waals surface area contributed by atoms with Crippen LogP contribution >= 0.6 is 0 Å². The molecule has 0 unspecified atom stereocenters. The molecule has 2 rings (SSSR count). The number of hydrogen-bond acceptors (Lipinski definition) is 1. The van der Waals surface area contributed by atoms with Crippen LogP contribution in [0.1, 0.15) is 17.5 Å². The number of hydrazone groups is 1. The van der Waals surface area contributed by atoms with E-state index in [0.29, 0.717) is 6.42 Å². The van der Waals surface area contributed by atoms with E-state index in [-0.39, 0.29) is 5.91 Å². The summed E-state index contributed by atoms with van der Waals surface area (Å²) in [5.41, 5.74) is 5.13. The molecule has 0 radical (unpaired) electrons. The normalized spacial score (nSPS) is 18.6. The number of carbonyl (C=O) groups is 1. The lowest BCUT2D eigenvalue weighted by molar-refractivity contribution is -0.553. The number of benzene rings is 1. The Labute approximate surface area is 83.0 Å². The van der Waals surface area contributed by atoms with E-state index in [4.69, 9.17) is 0 Å². The van der Waals surface area contributed by atoms with E-state index >= 15 is 0 Å². The molecule has 1 aromatic rings. The van der Waals surface area contributed by atoms with E-state index in [9.17, 15) is 4.79 Å². The smallest absolute Gasteiger partial charge is 0.269 e. The minimum Gasteiger partial charge on any atom is -0.269 e. The molecule has 0 atom stereocenters. The number of rotatable bonds is 1. The van der Waals surface area contributed by atoms with Crippen molar-refractivity contribution in [3.8, 4) is 0 Å². The Bertz CT molecular complexity index is 396. The minimum absolute atomic E-state index is 0.0924. The van der Waals surface area contributed by atoms with Crippen molar-refractivity contribution < 1.29 is 9.48 Å². The van der Waals surface area contributed by atoms with Gasteiger partial charge in [0.15, 0.2) is 6.54 Å². The van der Waals surface area contributed by atoms with Crippen molar-refractivity contribution in [1.82, 2.24) is 5.43 Å². The average Bonchev–Trinajstić information content (AvgIpc) is 2.56. The number of hydrazine groups is 1. The van der Waals surface area contributed by atoms with Gasteiger partial charge in [0.05, 0.1) is 6.42 Å². The third-order valence-corrected chi connectivity index (χ3v) is 2.33. The van der Waals surface area contributed by atoms with Crippen molar-refractivity contribution in [3.05, 3.63) is 35.4 Å². The van der Waals surface area contributed by atoms with Gasteiger partial charge in [-0.2, -0.15) is 0 Å². The summed E-state index contributed by atoms with van der Waals surface area (Å²) in [7, 11) is 0. The van der Waals surface area contributed by atoms with E-state index in [0.717, 1.165) is 12.1 Å². The Morgan fingerprint density at radius 1 is 1.43 bits per heavy atom. The molecule has 72 valence electrons. The van der Waals surface area contributed by atoms with Crippen LogP contribution < -0.4 is 5.43 Å². The van der Waals surface area contributed by atoms with Crippen LogP contribution in [0.5, 0.6) is 0 Å². The molecule has 1 fully saturated rings. The predicted molar refractivity (Wildman–Crippen MR) is 54.2 cm³/mol. The van der Waals surface area contributed by atoms with Crippen LogP contribution in [0.4, 0.5) is 0 Å². The molecule has 0 spiro atoms. The van der Waals surface area contributed by atoms with Crippen LogP contribution in [0, 0.1) is 6.92 Å². The van der Waals surface area contributed by atoms with Gasteiger partial charge in [0.1, 0.15) is 0 Å². The molecule has 0 bridgehead atoms. The zero-order valence-corrected chi connectivity index (χ0v) is 8.16. The number of amides is 1. The first-order valence-corrected chi connectivity index (χ1v) is 4.72. The van der Waals surface area contributed by atoms with E-state index in [1.54, 1.807) is 0 Å². The highest BCUT2D eigenvalue weighted by molar-refractivity contribution is 5.80. The largest absolute Gasteiger partial charge is 0.280 e. The summed E-state index contributed by atoms with van der Waals surface area (Å²) in [6.45, 7) is 2.82. The highest BCUT2D eigenvalue weighted by atomic mass is 16.2. The summed E-state index contributed by atoms with van der Waals surface area (Å²) in [6, 6.07) is 8.11. The van der Waals surface area contributed by atoms with Crippen LogP contribution in [0.3, 0.4) is 0 Å². The molecular formula is C11H13N2O+. The van der Waals surface area contributed by atoms with E-state index in [1.807, 2.05) is 29.1 Å². The third-order valence-electron chi connectivity index (χ3n) is 2.33. The van der Waals surface area contributed by atoms with Gasteiger partial charge in [-0.1, -0.05) is 18.2 Å². The zero-order valence-electron chi connectivity index (χ0n) is 8.16. The van der Waals surface area contributed by atoms with Crippen LogP contribution in [-0.2, 0) is 4.79 Å². The summed E-state index contributed by atoms with van der Waals surface area (Å²) in [6.07, 6.45) is 2.56. The minimum atomic E-state index is 0.0924. The summed E-state index contributed by atoms with van der Waals surface area (Å²) in [5.74, 6) is 0.0924. The fraction of sp³-hybridized carbons (Fsp3) is 0.273. The Morgan fingerprint density at radius 2 is 2.21 bits per heavy atom. The molecule has 0 aromatic heterocycles. The van der Waals surface area contributed by atoms with Crippen LogP contribution in [0.25, 0.3) is 0 Å². The summed E-state index contributed by atoms with van der Waals surface area (Å²) in [5, 5.41) is 0. The number of aryl methyl sites for hydroxylation is 1. The van der Waals surface area contributed by atoms with Gasteiger partial charge in [-0.3, -0.25) is 4.79 Å². The first-order chi connectivity index (χ1) is 6.75. The standard InChI is InChI=1S/C11H12N2O/c1-9-4-2-3-5-10(9)8-13-7-6-11(14)12-13/h2-5,8H,6-7H2,1H3/p+1/b13-8+. The Hall–Kier alpha value is -1.64. The predicted octanol–water partition coefficient (Wildman–Crippen LogP) is 0.861. The molecule has 1 saturated heterocycles. The average molecular weight is 189 g/mol. The lowest BCUT2D eigenvalue weighted by Gasteiger charge is -1.96. The Kier molecular flexibility index (Phi) is 2.31. The lowest BCUT2D eigenvalue weighted by Crippen LogP contribution is -2.25. The van der Waals surface area contributed by atoms with E-state index in [2.05, 4.69) is 18.4 Å². The van der Waals surface area contributed by atoms with Crippen molar-refractivity contribution in [3.63, 3.8) is 0 Å². The molecule has 1 N–H and O–H groups in total. The van der Waals surface area contributed by atoms with Gasteiger partial charge >= 0.3 is 0 Å². The first-order valence-electron chi connectivity index (χ1n) is 4.72. The maximum Gasteiger partial charge on any atom is 0.280 e. The van der Waals surface area contributed by atoms with E-state index in [1.165, 1.54) is 5.56 Å². The second kappa shape index (κ2) is 3.62. The maximum absolute atomic E-state index is 11.0. The van der Waals surface area contributed by atoms with Crippen molar-refractivity contribution in [2.75, 3.05) is 6.54 Å². The van der Waals surface area contributed by atoms with Crippen molar-refractivity contribution >= 4 is 12.1 Å². The lowest BCUT2D eigenvalue weighted by atomic mass is 10.1. The van der Waals surface area contributed by atoms with Gasteiger partial charge in [-0.05, 0) is 18.6 Å². The molecule has 1 amide bonds. The topological polar surface area (TPSA) is 32.1 Å². The highest BCUT2D eigenvalue weighted by Gasteiger charge is 2.20. The van der Waals surface area contributed by atoms with Gasteiger partial charge in [0.25, 0.3) is 5.91 Å². The maximum atomic E-state index is 11.0. The second-order valence-corrected chi connectivity index (χ2v) is 3.46. The molecule has 0 saturated carbocycles. The van der Waals surface area contributed by atoms with Crippen molar-refractivity contribution in [2.24, 2.45) is 0 Å². The SMILES string of the molecule is Cc1ccccc1/C=[N+]1\CCC(=O)N1. The highest BCUT2D eigenvalue weighted by Crippen LogP contribution is 2.04. The molecule has 1 aliphatic rings. The molecule has 3 nitrogen and oxygen atoms in total. The van der Waals surface area contributed by atoms with Crippen LogP contribution in [-0.4, -0.2) is 23.4 Å². The van der Waals surface area contributed by atoms with Crippen molar-refractivity contribution in [1.29, 1.82) is 0 Å². The molecule has 1 heterocycles. The number of nitrogens with one attached hydrogen (secondary N) is 1. The van der Waals surface area contributed by atoms with Crippen molar-refractivity contribution in [2.45, 2.75) is 13.3 Å². The molecular weight excluding hydrogens is 176 g/mol. The first kappa shape index (κ1) is 8.94. The molecule has 1 aliphatic heterocycles. The second-order valence-electron chi connectivity index (χ2n) is 3.46. The zero-order chi connectivity index (χ0) is 9.97. The summed E-state index contributed by atoms with van der Waals surface area (Å²) < 4.78 is 1.84. The number of nitrogens with zero attached hydrogens (tertiary/aromatic N) is 1. The van der Waals surface area contributed by atoms with Gasteiger partial charge < -0.3 is 0 Å². The van der Waals surface area contributed by atoms with Gasteiger partial charge in [-0.25, -0.2) is 0 Å². The van der Waals surface area contributed by atoms with Crippen LogP contribution in [0.15, 0.2) is 24.3 Å². The monoisotopic (exact) mass is 189 g/mol. The van der Waals surface area contributed by atoms with Gasteiger partial charge in [0, 0.05) is 5.56 Å². The van der Waals surface area contributed by atoms with E-state index < -0.39 is 0 Å². The Morgan fingerprint density at radius 3 is 2.86 bits per heavy atom. The van der Waals surface area contributed by atoms with Gasteiger partial charge in [0.2, 0.25) is 6.21 Å².